The number of aliphatic hydroxyl groups excluding tert-OH is 1. The van der Waals surface area contributed by atoms with Gasteiger partial charge in [0.05, 0.1) is 12.7 Å². The quantitative estimate of drug-likeness (QED) is 0.441. The largest absolute Gasteiger partial charge is 0.394 e. The zero-order chi connectivity index (χ0) is 5.28. The molecule has 3 nitrogen and oxygen atoms in total. The Balaban J connectivity index is 2.21. The summed E-state index contributed by atoms with van der Waals surface area (Å²) in [7, 11) is 0. The molecular formula is C4H5NO2. The zero-order valence-corrected chi connectivity index (χ0v) is 3.66. The fourth-order valence-electron chi connectivity index (χ4n) is 0.395. The van der Waals surface area contributed by atoms with E-state index in [2.05, 4.69) is 4.74 Å². The summed E-state index contributed by atoms with van der Waals surface area (Å²) in [4.78, 5) is 0. The Kier molecular flexibility index (Phi) is 0.970. The van der Waals surface area contributed by atoms with Gasteiger partial charge in [0.1, 0.15) is 6.10 Å². The Labute approximate surface area is 41.1 Å². The molecule has 1 heterocycles. The minimum absolute atomic E-state index is 0.0295. The Morgan fingerprint density at radius 1 is 1.86 bits per heavy atom. The van der Waals surface area contributed by atoms with E-state index in [9.17, 15) is 0 Å². The van der Waals surface area contributed by atoms with Crippen molar-refractivity contribution < 1.29 is 9.84 Å². The van der Waals surface area contributed by atoms with Gasteiger partial charge in [-0.05, 0) is 0 Å². The van der Waals surface area contributed by atoms with Crippen molar-refractivity contribution >= 4 is 0 Å². The lowest BCUT2D eigenvalue weighted by Crippen LogP contribution is -1.95. The molecule has 0 aromatic rings. The summed E-state index contributed by atoms with van der Waals surface area (Å²) in [6.07, 6.45) is -0.519. The molecule has 1 rings (SSSR count). The molecule has 0 spiro atoms. The van der Waals surface area contributed by atoms with Crippen LogP contribution in [0.15, 0.2) is 0 Å². The van der Waals surface area contributed by atoms with Gasteiger partial charge in [0.15, 0.2) is 6.10 Å². The molecule has 1 N–H and O–H groups in total. The van der Waals surface area contributed by atoms with Gasteiger partial charge >= 0.3 is 0 Å². The highest BCUT2D eigenvalue weighted by Crippen LogP contribution is 2.18. The minimum atomic E-state index is -0.329. The third kappa shape index (κ3) is 0.710. The van der Waals surface area contributed by atoms with Crippen molar-refractivity contribution in [1.82, 2.24) is 0 Å². The molecule has 2 atom stereocenters. The van der Waals surface area contributed by atoms with Crippen LogP contribution in [0, 0.1) is 11.3 Å². The molecule has 0 radical (unpaired) electrons. The van der Waals surface area contributed by atoms with Gasteiger partial charge in [-0.3, -0.25) is 0 Å². The number of nitrogens with zero attached hydrogens (tertiary/aromatic N) is 1. The topological polar surface area (TPSA) is 56.5 Å². The molecule has 1 aliphatic rings. The first-order chi connectivity index (χ1) is 3.38. The molecule has 1 aliphatic heterocycles. The van der Waals surface area contributed by atoms with Crippen LogP contribution in [0.5, 0.6) is 0 Å². The molecule has 38 valence electrons. The molecule has 0 aromatic heterocycles. The number of hydrogen-bond acceptors (Lipinski definition) is 3. The van der Waals surface area contributed by atoms with E-state index in [1.54, 1.807) is 0 Å². The van der Waals surface area contributed by atoms with Crippen LogP contribution in [-0.2, 0) is 4.74 Å². The maximum Gasteiger partial charge on any atom is 0.172 e. The highest BCUT2D eigenvalue weighted by atomic mass is 16.6. The predicted octanol–water partition coefficient (Wildman–Crippen LogP) is -0.730. The normalized spacial score (nSPS) is 37.1. The van der Waals surface area contributed by atoms with E-state index >= 15 is 0 Å². The Hall–Kier alpha value is -0.590. The van der Waals surface area contributed by atoms with Crippen molar-refractivity contribution in [2.75, 3.05) is 6.61 Å². The van der Waals surface area contributed by atoms with Crippen LogP contribution >= 0.6 is 0 Å². The third-order valence-electron chi connectivity index (χ3n) is 0.890. The monoisotopic (exact) mass is 99.0 g/mol. The Morgan fingerprint density at radius 2 is 2.57 bits per heavy atom. The average molecular weight is 99.1 g/mol. The highest BCUT2D eigenvalue weighted by Gasteiger charge is 2.37. The van der Waals surface area contributed by atoms with Crippen LogP contribution in [0.2, 0.25) is 0 Å². The fraction of sp³-hybridized carbons (Fsp3) is 0.750. The van der Waals surface area contributed by atoms with E-state index in [0.29, 0.717) is 0 Å². The van der Waals surface area contributed by atoms with Crippen molar-refractivity contribution in [2.24, 2.45) is 0 Å². The lowest BCUT2D eigenvalue weighted by molar-refractivity contribution is 0.243. The van der Waals surface area contributed by atoms with Crippen LogP contribution in [-0.4, -0.2) is 23.9 Å². The second-order valence-corrected chi connectivity index (χ2v) is 1.41. The van der Waals surface area contributed by atoms with Crippen molar-refractivity contribution in [3.05, 3.63) is 0 Å². The van der Waals surface area contributed by atoms with Crippen molar-refractivity contribution in [1.29, 1.82) is 5.26 Å². The van der Waals surface area contributed by atoms with Gasteiger partial charge in [-0.1, -0.05) is 0 Å². The number of hydrogen-bond donors (Lipinski definition) is 1. The Bertz CT molecular complexity index is 107. The molecule has 0 saturated carbocycles. The van der Waals surface area contributed by atoms with E-state index in [1.807, 2.05) is 6.07 Å². The maximum absolute atomic E-state index is 8.23. The smallest absolute Gasteiger partial charge is 0.172 e. The van der Waals surface area contributed by atoms with Gasteiger partial charge in [0.2, 0.25) is 0 Å². The van der Waals surface area contributed by atoms with E-state index in [0.717, 1.165) is 0 Å². The summed E-state index contributed by atoms with van der Waals surface area (Å²) < 4.78 is 4.60. The molecule has 0 bridgehead atoms. The number of epoxide rings is 1. The summed E-state index contributed by atoms with van der Waals surface area (Å²) in [5.41, 5.74) is 0. The SMILES string of the molecule is N#CC1OC1CO. The summed E-state index contributed by atoms with van der Waals surface area (Å²) in [5.74, 6) is 0. The van der Waals surface area contributed by atoms with Gasteiger partial charge in [-0.25, -0.2) is 0 Å². The van der Waals surface area contributed by atoms with Gasteiger partial charge in [0, 0.05) is 0 Å². The van der Waals surface area contributed by atoms with Crippen molar-refractivity contribution in [3.8, 4) is 6.07 Å². The van der Waals surface area contributed by atoms with E-state index < -0.39 is 0 Å². The number of aliphatic hydroxyl groups is 1. The van der Waals surface area contributed by atoms with E-state index in [-0.39, 0.29) is 18.8 Å². The van der Waals surface area contributed by atoms with Crippen LogP contribution in [0.1, 0.15) is 0 Å². The highest BCUT2D eigenvalue weighted by molar-refractivity contribution is 5.01. The summed E-state index contributed by atoms with van der Waals surface area (Å²) in [6, 6.07) is 1.86. The first kappa shape index (κ1) is 4.57. The first-order valence-electron chi connectivity index (χ1n) is 2.04. The lowest BCUT2D eigenvalue weighted by atomic mass is 10.4. The summed E-state index contributed by atoms with van der Waals surface area (Å²) in [6.45, 7) is -0.0295. The molecule has 2 unspecified atom stereocenters. The van der Waals surface area contributed by atoms with Gasteiger partial charge in [-0.2, -0.15) is 5.26 Å². The lowest BCUT2D eigenvalue weighted by Gasteiger charge is -1.71. The van der Waals surface area contributed by atoms with Gasteiger partial charge < -0.3 is 9.84 Å². The number of nitriles is 1. The summed E-state index contributed by atoms with van der Waals surface area (Å²) in [5, 5.41) is 16.3. The zero-order valence-electron chi connectivity index (χ0n) is 3.66. The average Bonchev–Trinajstić information content (AvgIpc) is 2.43. The van der Waals surface area contributed by atoms with Gasteiger partial charge in [0.25, 0.3) is 0 Å². The van der Waals surface area contributed by atoms with Crippen LogP contribution in [0.4, 0.5) is 0 Å². The number of ether oxygens (including phenoxy) is 1. The van der Waals surface area contributed by atoms with Crippen LogP contribution < -0.4 is 0 Å². The fourth-order valence-corrected chi connectivity index (χ4v) is 0.395. The molecule has 0 amide bonds. The molecule has 1 saturated heterocycles. The Morgan fingerprint density at radius 3 is 2.71 bits per heavy atom. The van der Waals surface area contributed by atoms with Gasteiger partial charge in [-0.15, -0.1) is 0 Å². The second-order valence-electron chi connectivity index (χ2n) is 1.41. The maximum atomic E-state index is 8.23. The predicted molar refractivity (Wildman–Crippen MR) is 21.4 cm³/mol. The third-order valence-corrected chi connectivity index (χ3v) is 0.890. The van der Waals surface area contributed by atoms with Crippen molar-refractivity contribution in [3.63, 3.8) is 0 Å². The minimum Gasteiger partial charge on any atom is -0.394 e. The second kappa shape index (κ2) is 1.49. The molecular weight excluding hydrogens is 94.0 g/mol. The molecule has 1 fully saturated rings. The van der Waals surface area contributed by atoms with Crippen LogP contribution in [0.3, 0.4) is 0 Å². The summed E-state index contributed by atoms with van der Waals surface area (Å²) >= 11 is 0. The molecule has 0 aliphatic carbocycles. The first-order valence-corrected chi connectivity index (χ1v) is 2.04. The standard InChI is InChI=1S/C4H5NO2/c5-1-3-4(2-6)7-3/h3-4,6H,2H2. The number of rotatable bonds is 1. The van der Waals surface area contributed by atoms with Crippen molar-refractivity contribution in [2.45, 2.75) is 12.2 Å². The molecule has 0 aromatic carbocycles. The molecule has 3 heteroatoms. The van der Waals surface area contributed by atoms with E-state index in [4.69, 9.17) is 10.4 Å². The van der Waals surface area contributed by atoms with E-state index in [1.165, 1.54) is 0 Å². The van der Waals surface area contributed by atoms with Crippen LogP contribution in [0.25, 0.3) is 0 Å². The molecule has 7 heavy (non-hydrogen) atoms.